The summed E-state index contributed by atoms with van der Waals surface area (Å²) in [5.74, 6) is -0.616. The van der Waals surface area contributed by atoms with Crippen LogP contribution in [0.4, 0.5) is 14.6 Å². The second-order valence-corrected chi connectivity index (χ2v) is 7.97. The molecule has 2 aromatic rings. The van der Waals surface area contributed by atoms with Gasteiger partial charge in [-0.1, -0.05) is 26.0 Å². The monoisotopic (exact) mass is 336 g/mol. The van der Waals surface area contributed by atoms with Crippen LogP contribution in [0.3, 0.4) is 0 Å². The summed E-state index contributed by atoms with van der Waals surface area (Å²) in [7, 11) is -0.876. The van der Waals surface area contributed by atoms with E-state index < -0.39 is 14.8 Å². The van der Waals surface area contributed by atoms with Crippen molar-refractivity contribution in [2.75, 3.05) is 4.98 Å². The summed E-state index contributed by atoms with van der Waals surface area (Å²) in [4.78, 5) is 11.1. The molecule has 1 radical (unpaired) electrons. The van der Waals surface area contributed by atoms with Gasteiger partial charge < -0.3 is 9.72 Å². The summed E-state index contributed by atoms with van der Waals surface area (Å²) in [6.45, 7) is 5.94. The Kier molecular flexibility index (Phi) is 6.03. The SMILES string of the molecule is CC[Si](CC)Nc1nc(OC(C)c2ccc(F)cc2)ncc1F. The minimum Gasteiger partial charge on any atom is -0.456 e. The molecule has 7 heteroatoms. The first kappa shape index (κ1) is 17.3. The number of halogens is 2. The normalized spacial score (nSPS) is 12.3. The van der Waals surface area contributed by atoms with Crippen LogP contribution >= 0.6 is 0 Å². The van der Waals surface area contributed by atoms with Crippen LogP contribution in [-0.2, 0) is 0 Å². The second-order valence-electron chi connectivity index (χ2n) is 5.10. The third kappa shape index (κ3) is 4.72. The van der Waals surface area contributed by atoms with Crippen molar-refractivity contribution in [3.63, 3.8) is 0 Å². The smallest absolute Gasteiger partial charge is 0.319 e. The standard InChI is InChI=1S/C16H20F2N3OSi/c1-4-23(5-2)21-15-14(18)10-19-16(20-15)22-11(3)12-6-8-13(17)9-7-12/h6-11H,4-5H2,1-3H3,(H,19,20,21). The van der Waals surface area contributed by atoms with Crippen molar-refractivity contribution in [1.29, 1.82) is 0 Å². The van der Waals surface area contributed by atoms with Crippen molar-refractivity contribution in [3.05, 3.63) is 47.7 Å². The van der Waals surface area contributed by atoms with Crippen LogP contribution in [0.2, 0.25) is 12.1 Å². The van der Waals surface area contributed by atoms with Crippen molar-refractivity contribution >= 4 is 14.8 Å². The minimum absolute atomic E-state index is 0.0966. The van der Waals surface area contributed by atoms with E-state index in [4.69, 9.17) is 4.74 Å². The molecule has 23 heavy (non-hydrogen) atoms. The fourth-order valence-electron chi connectivity index (χ4n) is 2.05. The maximum Gasteiger partial charge on any atom is 0.319 e. The summed E-state index contributed by atoms with van der Waals surface area (Å²) in [6.07, 6.45) is 0.739. The number of benzene rings is 1. The molecule has 0 amide bonds. The van der Waals surface area contributed by atoms with Crippen molar-refractivity contribution in [3.8, 4) is 6.01 Å². The zero-order chi connectivity index (χ0) is 16.8. The third-order valence-corrected chi connectivity index (χ3v) is 5.79. The molecule has 0 aliphatic heterocycles. The highest BCUT2D eigenvalue weighted by atomic mass is 28.3. The van der Waals surface area contributed by atoms with Gasteiger partial charge in [0, 0.05) is 0 Å². The number of hydrogen-bond acceptors (Lipinski definition) is 4. The van der Waals surface area contributed by atoms with E-state index in [1.165, 1.54) is 12.1 Å². The first-order valence-corrected chi connectivity index (χ1v) is 9.51. The Labute approximate surface area is 136 Å². The highest BCUT2D eigenvalue weighted by Crippen LogP contribution is 2.21. The van der Waals surface area contributed by atoms with Gasteiger partial charge in [0.25, 0.3) is 0 Å². The molecule has 0 aliphatic rings. The number of hydrogen-bond donors (Lipinski definition) is 1. The van der Waals surface area contributed by atoms with E-state index in [1.807, 2.05) is 0 Å². The largest absolute Gasteiger partial charge is 0.456 e. The number of rotatable bonds is 7. The van der Waals surface area contributed by atoms with Gasteiger partial charge >= 0.3 is 6.01 Å². The average Bonchev–Trinajstić information content (AvgIpc) is 2.55. The third-order valence-electron chi connectivity index (χ3n) is 3.49. The number of aromatic nitrogens is 2. The molecule has 0 bridgehead atoms. The maximum atomic E-state index is 13.8. The van der Waals surface area contributed by atoms with Gasteiger partial charge in [-0.15, -0.1) is 0 Å². The quantitative estimate of drug-likeness (QED) is 0.764. The topological polar surface area (TPSA) is 47.0 Å². The molecule has 0 aliphatic carbocycles. The number of ether oxygens (including phenoxy) is 1. The molecule has 1 N–H and O–H groups in total. The van der Waals surface area contributed by atoms with Gasteiger partial charge in [-0.25, -0.2) is 13.8 Å². The summed E-state index contributed by atoms with van der Waals surface area (Å²) in [5, 5.41) is 0. The molecule has 1 unspecified atom stereocenters. The Morgan fingerprint density at radius 1 is 1.17 bits per heavy atom. The first-order valence-electron chi connectivity index (χ1n) is 7.59. The lowest BCUT2D eigenvalue weighted by Gasteiger charge is -2.16. The Bertz CT molecular complexity index is 636. The van der Waals surface area contributed by atoms with Crippen molar-refractivity contribution in [2.24, 2.45) is 0 Å². The predicted molar refractivity (Wildman–Crippen MR) is 87.8 cm³/mol. The molecule has 1 aromatic heterocycles. The van der Waals surface area contributed by atoms with Gasteiger partial charge in [-0.05, 0) is 36.7 Å². The molecule has 2 rings (SSSR count). The predicted octanol–water partition coefficient (Wildman–Crippen LogP) is 4.34. The maximum absolute atomic E-state index is 13.8. The summed E-state index contributed by atoms with van der Waals surface area (Å²) in [5.41, 5.74) is 0.792. The summed E-state index contributed by atoms with van der Waals surface area (Å²) >= 11 is 0. The van der Waals surface area contributed by atoms with Crippen LogP contribution in [0.1, 0.15) is 32.4 Å². The van der Waals surface area contributed by atoms with Crippen LogP contribution in [0.5, 0.6) is 6.01 Å². The van der Waals surface area contributed by atoms with E-state index in [0.717, 1.165) is 23.8 Å². The molecule has 123 valence electrons. The van der Waals surface area contributed by atoms with Crippen LogP contribution in [0.15, 0.2) is 30.5 Å². The summed E-state index contributed by atoms with van der Waals surface area (Å²) in [6, 6.07) is 8.03. The van der Waals surface area contributed by atoms with Crippen LogP contribution in [0.25, 0.3) is 0 Å². The Morgan fingerprint density at radius 2 is 1.83 bits per heavy atom. The number of nitrogens with zero attached hydrogens (tertiary/aromatic N) is 2. The van der Waals surface area contributed by atoms with Crippen LogP contribution < -0.4 is 9.72 Å². The average molecular weight is 336 g/mol. The van der Waals surface area contributed by atoms with Crippen molar-refractivity contribution in [1.82, 2.24) is 9.97 Å². The van der Waals surface area contributed by atoms with Gasteiger partial charge in [-0.2, -0.15) is 4.98 Å². The molecular weight excluding hydrogens is 316 g/mol. The van der Waals surface area contributed by atoms with Gasteiger partial charge in [0.05, 0.1) is 6.20 Å². The molecule has 0 saturated heterocycles. The van der Waals surface area contributed by atoms with E-state index in [2.05, 4.69) is 28.8 Å². The van der Waals surface area contributed by atoms with Gasteiger partial charge in [0.15, 0.2) is 20.6 Å². The van der Waals surface area contributed by atoms with Gasteiger partial charge in [-0.3, -0.25) is 0 Å². The number of nitrogens with one attached hydrogen (secondary N) is 1. The molecule has 1 aromatic carbocycles. The molecule has 1 atom stereocenters. The lowest BCUT2D eigenvalue weighted by molar-refractivity contribution is 0.207. The van der Waals surface area contributed by atoms with Crippen LogP contribution in [0, 0.1) is 11.6 Å². The Hall–Kier alpha value is -2.02. The molecular formula is C16H20F2N3OSi. The zero-order valence-corrected chi connectivity index (χ0v) is 14.4. The molecule has 0 saturated carbocycles. The van der Waals surface area contributed by atoms with Crippen molar-refractivity contribution in [2.45, 2.75) is 39.0 Å². The van der Waals surface area contributed by atoms with E-state index in [-0.39, 0.29) is 23.7 Å². The fourth-order valence-corrected chi connectivity index (χ4v) is 3.41. The Morgan fingerprint density at radius 3 is 2.43 bits per heavy atom. The van der Waals surface area contributed by atoms with Crippen molar-refractivity contribution < 1.29 is 13.5 Å². The first-order chi connectivity index (χ1) is 11.0. The minimum atomic E-state index is -0.876. The zero-order valence-electron chi connectivity index (χ0n) is 13.4. The second kappa shape index (κ2) is 8.01. The van der Waals surface area contributed by atoms with E-state index in [0.29, 0.717) is 0 Å². The van der Waals surface area contributed by atoms with E-state index >= 15 is 0 Å². The fraction of sp³-hybridized carbons (Fsp3) is 0.375. The molecule has 0 fully saturated rings. The number of anilines is 1. The van der Waals surface area contributed by atoms with Gasteiger partial charge in [0.1, 0.15) is 11.9 Å². The highest BCUT2D eigenvalue weighted by molar-refractivity contribution is 6.62. The summed E-state index contributed by atoms with van der Waals surface area (Å²) < 4.78 is 32.4. The van der Waals surface area contributed by atoms with Crippen LogP contribution in [-0.4, -0.2) is 18.9 Å². The molecule has 1 heterocycles. The molecule has 4 nitrogen and oxygen atoms in total. The van der Waals surface area contributed by atoms with E-state index in [1.54, 1.807) is 19.1 Å². The molecule has 0 spiro atoms. The van der Waals surface area contributed by atoms with E-state index in [9.17, 15) is 8.78 Å². The Balaban J connectivity index is 2.12. The highest BCUT2D eigenvalue weighted by Gasteiger charge is 2.15. The van der Waals surface area contributed by atoms with Gasteiger partial charge in [0.2, 0.25) is 0 Å². The lowest BCUT2D eigenvalue weighted by atomic mass is 10.1. The lowest BCUT2D eigenvalue weighted by Crippen LogP contribution is -2.24.